The molecule has 2 aromatic carbocycles. The predicted octanol–water partition coefficient (Wildman–Crippen LogP) is 5.06. The number of anilines is 3. The van der Waals surface area contributed by atoms with Gasteiger partial charge in [-0.2, -0.15) is 0 Å². The molecule has 23 heavy (non-hydrogen) atoms. The lowest BCUT2D eigenvalue weighted by Gasteiger charge is -2.13. The number of hydrogen-bond acceptors (Lipinski definition) is 2. The normalized spacial score (nSPS) is 11.3. The van der Waals surface area contributed by atoms with Gasteiger partial charge in [-0.05, 0) is 47.9 Å². The predicted molar refractivity (Wildman–Crippen MR) is 98.3 cm³/mol. The van der Waals surface area contributed by atoms with Gasteiger partial charge in [0.2, 0.25) is 0 Å². The van der Waals surface area contributed by atoms with Crippen LogP contribution in [0.3, 0.4) is 0 Å². The van der Waals surface area contributed by atoms with E-state index in [9.17, 15) is 0 Å². The van der Waals surface area contributed by atoms with Crippen molar-refractivity contribution < 1.29 is 0 Å². The number of aromatic amines is 2. The van der Waals surface area contributed by atoms with Crippen molar-refractivity contribution in [2.24, 2.45) is 0 Å². The van der Waals surface area contributed by atoms with Crippen molar-refractivity contribution in [1.29, 1.82) is 0 Å². The first-order valence-electron chi connectivity index (χ1n) is 7.44. The maximum absolute atomic E-state index is 6.09. The van der Waals surface area contributed by atoms with Crippen LogP contribution >= 0.6 is 11.6 Å². The Kier molecular flexibility index (Phi) is 3.20. The van der Waals surface area contributed by atoms with Gasteiger partial charge in [-0.3, -0.25) is 10.2 Å². The molecule has 0 unspecified atom stereocenters. The van der Waals surface area contributed by atoms with Crippen molar-refractivity contribution in [3.8, 4) is 11.3 Å². The van der Waals surface area contributed by atoms with Crippen LogP contribution in [0, 0.1) is 0 Å². The van der Waals surface area contributed by atoms with Crippen molar-refractivity contribution >= 4 is 39.6 Å². The van der Waals surface area contributed by atoms with E-state index in [0.29, 0.717) is 0 Å². The molecule has 4 rings (SSSR count). The minimum absolute atomic E-state index is 0.753. The van der Waals surface area contributed by atoms with Gasteiger partial charge < -0.3 is 10.2 Å². The van der Waals surface area contributed by atoms with Crippen LogP contribution in [0.1, 0.15) is 0 Å². The van der Waals surface area contributed by atoms with E-state index in [4.69, 9.17) is 11.6 Å². The maximum atomic E-state index is 6.09. The zero-order valence-corrected chi connectivity index (χ0v) is 13.7. The first-order chi connectivity index (χ1) is 11.1. The van der Waals surface area contributed by atoms with Crippen molar-refractivity contribution in [3.05, 3.63) is 53.6 Å². The average molecular weight is 325 g/mol. The highest BCUT2D eigenvalue weighted by atomic mass is 35.5. The maximum Gasteiger partial charge on any atom is 0.132 e. The van der Waals surface area contributed by atoms with Crippen molar-refractivity contribution in [2.45, 2.75) is 0 Å². The highest BCUT2D eigenvalue weighted by Crippen LogP contribution is 2.39. The summed E-state index contributed by atoms with van der Waals surface area (Å²) in [6.07, 6.45) is 0. The summed E-state index contributed by atoms with van der Waals surface area (Å²) in [4.78, 5) is 2.08. The fourth-order valence-electron chi connectivity index (χ4n) is 2.86. The van der Waals surface area contributed by atoms with Crippen LogP contribution in [0.25, 0.3) is 22.0 Å². The number of hydrogen-bond donors (Lipinski definition) is 3. The lowest BCUT2D eigenvalue weighted by Crippen LogP contribution is -2.08. The number of nitrogens with one attached hydrogen (secondary N) is 3. The Labute approximate surface area is 139 Å². The third-order valence-corrected chi connectivity index (χ3v) is 4.32. The van der Waals surface area contributed by atoms with E-state index in [1.807, 2.05) is 32.3 Å². The third-order valence-electron chi connectivity index (χ3n) is 4.09. The van der Waals surface area contributed by atoms with Crippen LogP contribution in [-0.4, -0.2) is 24.3 Å². The molecule has 1 aliphatic carbocycles. The summed E-state index contributed by atoms with van der Waals surface area (Å²) in [6, 6.07) is 16.4. The van der Waals surface area contributed by atoms with Crippen molar-refractivity contribution in [2.75, 3.05) is 24.3 Å². The van der Waals surface area contributed by atoms with Gasteiger partial charge in [-0.25, -0.2) is 0 Å². The van der Waals surface area contributed by atoms with Crippen LogP contribution in [0.15, 0.2) is 48.5 Å². The van der Waals surface area contributed by atoms with E-state index >= 15 is 0 Å². The van der Waals surface area contributed by atoms with E-state index in [1.54, 1.807) is 0 Å². The highest BCUT2D eigenvalue weighted by molar-refractivity contribution is 6.31. The molecule has 2 aliphatic rings. The van der Waals surface area contributed by atoms with Gasteiger partial charge in [0.05, 0.1) is 5.69 Å². The molecule has 0 amide bonds. The molecule has 1 heterocycles. The quantitative estimate of drug-likeness (QED) is 0.493. The molecule has 0 saturated carbocycles. The van der Waals surface area contributed by atoms with Gasteiger partial charge in [0.1, 0.15) is 5.82 Å². The Morgan fingerprint density at radius 3 is 2.48 bits per heavy atom. The molecule has 0 aromatic heterocycles. The SMILES string of the molecule is CN(C)c1ccc(Nc2[nH][nH]c3c4ccc(Cl)cc4cc2-3)cc1. The Morgan fingerprint density at radius 2 is 1.74 bits per heavy atom. The van der Waals surface area contributed by atoms with E-state index in [0.717, 1.165) is 38.6 Å². The van der Waals surface area contributed by atoms with Gasteiger partial charge >= 0.3 is 0 Å². The topological polar surface area (TPSA) is 46.8 Å². The summed E-state index contributed by atoms with van der Waals surface area (Å²) in [5.74, 6) is 0.949. The lowest BCUT2D eigenvalue weighted by atomic mass is 10.2. The molecule has 0 fully saturated rings. The van der Waals surface area contributed by atoms with Crippen LogP contribution in [0.5, 0.6) is 0 Å². The third kappa shape index (κ3) is 2.41. The summed E-state index contributed by atoms with van der Waals surface area (Å²) in [5.41, 5.74) is 4.42. The van der Waals surface area contributed by atoms with Crippen molar-refractivity contribution in [3.63, 3.8) is 0 Å². The molecule has 3 N–H and O–H groups in total. The molecule has 0 bridgehead atoms. The van der Waals surface area contributed by atoms with Gasteiger partial charge in [-0.15, -0.1) is 0 Å². The van der Waals surface area contributed by atoms with E-state index in [2.05, 4.69) is 50.7 Å². The number of benzene rings is 2. The van der Waals surface area contributed by atoms with Gasteiger partial charge in [0.25, 0.3) is 0 Å². The largest absolute Gasteiger partial charge is 0.378 e. The zero-order valence-electron chi connectivity index (χ0n) is 12.9. The highest BCUT2D eigenvalue weighted by Gasteiger charge is 2.16. The van der Waals surface area contributed by atoms with Gasteiger partial charge in [0, 0.05) is 41.4 Å². The number of rotatable bonds is 3. The number of H-pyrrole nitrogens is 2. The standard InChI is InChI=1S/C18H17ClN4/c1-23(2)14-6-4-13(5-7-14)20-18-16-10-11-9-12(19)3-8-15(11)17(16)21-22-18/h3-10,20-22H,1-2H3. The monoisotopic (exact) mass is 324 g/mol. The summed E-state index contributed by atoms with van der Waals surface area (Å²) in [6.45, 7) is 0. The molecule has 0 spiro atoms. The molecule has 0 atom stereocenters. The number of fused-ring (bicyclic) bond motifs is 3. The number of halogens is 1. The molecule has 1 aliphatic heterocycles. The molecule has 5 heteroatoms. The van der Waals surface area contributed by atoms with Crippen LogP contribution in [-0.2, 0) is 0 Å². The van der Waals surface area contributed by atoms with Crippen LogP contribution in [0.2, 0.25) is 5.02 Å². The minimum atomic E-state index is 0.753. The van der Waals surface area contributed by atoms with E-state index in [-0.39, 0.29) is 0 Å². The smallest absolute Gasteiger partial charge is 0.132 e. The summed E-state index contributed by atoms with van der Waals surface area (Å²) in [7, 11) is 4.07. The second-order valence-electron chi connectivity index (χ2n) is 5.86. The number of nitrogens with zero attached hydrogens (tertiary/aromatic N) is 1. The number of aromatic nitrogens is 2. The molecule has 0 saturated heterocycles. The average Bonchev–Trinajstić information content (AvgIpc) is 3.07. The molecular weight excluding hydrogens is 308 g/mol. The first-order valence-corrected chi connectivity index (χ1v) is 7.82. The molecule has 116 valence electrons. The summed E-state index contributed by atoms with van der Waals surface area (Å²) in [5, 5.41) is 12.9. The molecule has 2 aromatic rings. The zero-order chi connectivity index (χ0) is 16.0. The molecular formula is C18H17ClN4. The van der Waals surface area contributed by atoms with Crippen molar-refractivity contribution in [1.82, 2.24) is 10.2 Å². The lowest BCUT2D eigenvalue weighted by molar-refractivity contribution is 1.11. The van der Waals surface area contributed by atoms with Crippen LogP contribution in [0.4, 0.5) is 17.2 Å². The van der Waals surface area contributed by atoms with E-state index in [1.165, 1.54) is 5.69 Å². The first kappa shape index (κ1) is 14.0. The van der Waals surface area contributed by atoms with Crippen LogP contribution < -0.4 is 10.2 Å². The minimum Gasteiger partial charge on any atom is -0.378 e. The second-order valence-corrected chi connectivity index (χ2v) is 6.29. The second kappa shape index (κ2) is 5.25. The molecule has 0 radical (unpaired) electrons. The van der Waals surface area contributed by atoms with Gasteiger partial charge in [0.15, 0.2) is 0 Å². The van der Waals surface area contributed by atoms with E-state index < -0.39 is 0 Å². The molecule has 4 nitrogen and oxygen atoms in total. The Morgan fingerprint density at radius 1 is 0.957 bits per heavy atom. The Hall–Kier alpha value is -2.59. The Bertz CT molecular complexity index is 934. The summed E-state index contributed by atoms with van der Waals surface area (Å²) < 4.78 is 0. The fourth-order valence-corrected chi connectivity index (χ4v) is 3.04. The summed E-state index contributed by atoms with van der Waals surface area (Å²) >= 11 is 6.09. The Balaban J connectivity index is 1.69. The van der Waals surface area contributed by atoms with Gasteiger partial charge in [-0.1, -0.05) is 17.7 Å². The fraction of sp³-hybridized carbons (Fsp3) is 0.111.